The van der Waals surface area contributed by atoms with Gasteiger partial charge in [0.15, 0.2) is 5.16 Å². The van der Waals surface area contributed by atoms with Crippen molar-refractivity contribution in [2.24, 2.45) is 0 Å². The largest absolute Gasteiger partial charge is 0.478 e. The van der Waals surface area contributed by atoms with Crippen LogP contribution in [0.4, 0.5) is 0 Å². The van der Waals surface area contributed by atoms with Crippen LogP contribution in [0.25, 0.3) is 28.4 Å². The van der Waals surface area contributed by atoms with Crippen molar-refractivity contribution < 1.29 is 24.2 Å². The van der Waals surface area contributed by atoms with E-state index in [2.05, 4.69) is 9.97 Å². The minimum atomic E-state index is -1.10. The molecule has 150 valence electrons. The lowest BCUT2D eigenvalue weighted by atomic mass is 10.0. The number of thioether (sulfide) groups is 1. The Morgan fingerprint density at radius 3 is 2.60 bits per heavy atom. The monoisotopic (exact) mass is 420 g/mol. The predicted octanol–water partition coefficient (Wildman–Crippen LogP) is 5.05. The van der Waals surface area contributed by atoms with Crippen LogP contribution in [0.5, 0.6) is 0 Å². The van der Waals surface area contributed by atoms with E-state index in [0.29, 0.717) is 16.7 Å². The predicted molar refractivity (Wildman–Crippen MR) is 113 cm³/mol. The number of aromatic amines is 1. The number of para-hydroxylation sites is 2. The molecular weight excluding hydrogens is 404 g/mol. The molecule has 2 heterocycles. The zero-order valence-electron chi connectivity index (χ0n) is 15.7. The first kappa shape index (κ1) is 19.5. The fourth-order valence-corrected chi connectivity index (χ4v) is 3.77. The molecule has 4 rings (SSSR count). The molecule has 0 unspecified atom stereocenters. The molecule has 7 nitrogen and oxygen atoms in total. The summed E-state index contributed by atoms with van der Waals surface area (Å²) in [6.07, 6.45) is 1.44. The van der Waals surface area contributed by atoms with Gasteiger partial charge in [-0.2, -0.15) is 0 Å². The highest BCUT2D eigenvalue weighted by Gasteiger charge is 2.15. The van der Waals surface area contributed by atoms with E-state index in [1.165, 1.54) is 12.1 Å². The number of H-pyrrole nitrogens is 1. The standard InChI is InChI=1S/C22H16N2O5S/c1-12-10-13(20(25)26)6-8-15(12)18-9-7-14(29-18)11-19(21(27)28)30-22-23-16-4-2-3-5-17(16)24-22/h2-11H,1H3,(H,23,24)(H,25,26)(H,27,28)/b19-11-. The Hall–Kier alpha value is -3.78. The van der Waals surface area contributed by atoms with E-state index in [1.54, 1.807) is 31.2 Å². The third-order valence-corrected chi connectivity index (χ3v) is 5.32. The molecule has 0 bridgehead atoms. The number of fused-ring (bicyclic) bond motifs is 1. The van der Waals surface area contributed by atoms with Crippen LogP contribution < -0.4 is 0 Å². The molecule has 2 aromatic carbocycles. The SMILES string of the molecule is Cc1cc(C(=O)O)ccc1-c1ccc(/C=C(\Sc2nc3ccccc3[nH]2)C(=O)O)o1. The molecule has 0 saturated heterocycles. The van der Waals surface area contributed by atoms with Gasteiger partial charge in [-0.05, 0) is 60.6 Å². The summed E-state index contributed by atoms with van der Waals surface area (Å²) >= 11 is 1.00. The molecular formula is C22H16N2O5S. The third kappa shape index (κ3) is 3.99. The summed E-state index contributed by atoms with van der Waals surface area (Å²) in [5.74, 6) is -1.20. The van der Waals surface area contributed by atoms with E-state index >= 15 is 0 Å². The van der Waals surface area contributed by atoms with Crippen molar-refractivity contribution in [3.05, 3.63) is 76.4 Å². The van der Waals surface area contributed by atoms with Gasteiger partial charge in [0.1, 0.15) is 16.4 Å². The molecule has 0 aliphatic rings. The Kier molecular flexibility index (Phi) is 5.16. The van der Waals surface area contributed by atoms with E-state index in [0.717, 1.165) is 33.9 Å². The highest BCUT2D eigenvalue weighted by atomic mass is 32.2. The molecule has 0 aliphatic heterocycles. The summed E-state index contributed by atoms with van der Waals surface area (Å²) < 4.78 is 5.80. The van der Waals surface area contributed by atoms with Gasteiger partial charge in [0.05, 0.1) is 16.6 Å². The quantitative estimate of drug-likeness (QED) is 0.295. The van der Waals surface area contributed by atoms with Crippen molar-refractivity contribution in [3.63, 3.8) is 0 Å². The smallest absolute Gasteiger partial charge is 0.342 e. The van der Waals surface area contributed by atoms with E-state index < -0.39 is 11.9 Å². The second kappa shape index (κ2) is 7.92. The number of hydrogen-bond acceptors (Lipinski definition) is 5. The Morgan fingerprint density at radius 1 is 1.10 bits per heavy atom. The summed E-state index contributed by atoms with van der Waals surface area (Å²) in [6, 6.07) is 15.6. The number of aryl methyl sites for hydroxylation is 1. The molecule has 0 fully saturated rings. The second-order valence-electron chi connectivity index (χ2n) is 6.51. The van der Waals surface area contributed by atoms with Crippen molar-refractivity contribution in [2.45, 2.75) is 12.1 Å². The van der Waals surface area contributed by atoms with Gasteiger partial charge in [-0.1, -0.05) is 18.2 Å². The van der Waals surface area contributed by atoms with Crippen molar-refractivity contribution >= 4 is 40.8 Å². The molecule has 8 heteroatoms. The number of carboxylic acids is 2. The van der Waals surface area contributed by atoms with Crippen LogP contribution in [0.1, 0.15) is 21.7 Å². The minimum absolute atomic E-state index is 0.0490. The maximum atomic E-state index is 11.7. The zero-order valence-corrected chi connectivity index (χ0v) is 16.6. The van der Waals surface area contributed by atoms with Crippen LogP contribution in [-0.4, -0.2) is 32.1 Å². The number of carbonyl (C=O) groups is 2. The van der Waals surface area contributed by atoms with Crippen molar-refractivity contribution in [1.82, 2.24) is 9.97 Å². The van der Waals surface area contributed by atoms with Gasteiger partial charge in [-0.25, -0.2) is 14.6 Å². The van der Waals surface area contributed by atoms with Crippen molar-refractivity contribution in [1.29, 1.82) is 0 Å². The molecule has 4 aromatic rings. The molecule has 0 amide bonds. The summed E-state index contributed by atoms with van der Waals surface area (Å²) in [5.41, 5.74) is 3.25. The Morgan fingerprint density at radius 2 is 1.90 bits per heavy atom. The number of benzene rings is 2. The van der Waals surface area contributed by atoms with Gasteiger partial charge in [-0.3, -0.25) is 0 Å². The molecule has 0 spiro atoms. The fraction of sp³-hybridized carbons (Fsp3) is 0.0455. The van der Waals surface area contributed by atoms with E-state index in [1.807, 2.05) is 24.3 Å². The molecule has 2 aromatic heterocycles. The number of nitrogens with one attached hydrogen (secondary N) is 1. The number of hydrogen-bond donors (Lipinski definition) is 3. The van der Waals surface area contributed by atoms with Crippen LogP contribution in [0.15, 0.2) is 69.1 Å². The van der Waals surface area contributed by atoms with E-state index in [-0.39, 0.29) is 10.5 Å². The lowest BCUT2D eigenvalue weighted by molar-refractivity contribution is -0.131. The van der Waals surface area contributed by atoms with Crippen LogP contribution in [0, 0.1) is 6.92 Å². The summed E-state index contributed by atoms with van der Waals surface area (Å²) in [5, 5.41) is 19.2. The lowest BCUT2D eigenvalue weighted by Gasteiger charge is -2.04. The number of carboxylic acid groups (broad SMARTS) is 2. The lowest BCUT2D eigenvalue weighted by Crippen LogP contribution is -1.97. The molecule has 30 heavy (non-hydrogen) atoms. The molecule has 0 radical (unpaired) electrons. The van der Waals surface area contributed by atoms with Gasteiger partial charge in [0, 0.05) is 11.6 Å². The van der Waals surface area contributed by atoms with Gasteiger partial charge in [-0.15, -0.1) is 0 Å². The second-order valence-corrected chi connectivity index (χ2v) is 7.54. The average molecular weight is 420 g/mol. The van der Waals surface area contributed by atoms with Gasteiger partial charge in [0.25, 0.3) is 0 Å². The summed E-state index contributed by atoms with van der Waals surface area (Å²) in [6.45, 7) is 1.79. The van der Waals surface area contributed by atoms with Gasteiger partial charge in [0.2, 0.25) is 0 Å². The van der Waals surface area contributed by atoms with Gasteiger partial charge >= 0.3 is 11.9 Å². The first-order valence-electron chi connectivity index (χ1n) is 8.92. The summed E-state index contributed by atoms with van der Waals surface area (Å²) in [7, 11) is 0. The van der Waals surface area contributed by atoms with Crippen LogP contribution in [0.3, 0.4) is 0 Å². The average Bonchev–Trinajstić information content (AvgIpc) is 3.33. The number of aromatic nitrogens is 2. The number of imidazole rings is 1. The van der Waals surface area contributed by atoms with Crippen molar-refractivity contribution in [2.75, 3.05) is 0 Å². The number of furan rings is 1. The third-order valence-electron chi connectivity index (χ3n) is 4.42. The first-order chi connectivity index (χ1) is 14.4. The van der Waals surface area contributed by atoms with Crippen LogP contribution >= 0.6 is 11.8 Å². The van der Waals surface area contributed by atoms with Crippen LogP contribution in [-0.2, 0) is 4.79 Å². The minimum Gasteiger partial charge on any atom is -0.478 e. The Labute approximate surface area is 175 Å². The number of nitrogens with zero attached hydrogens (tertiary/aromatic N) is 1. The van der Waals surface area contributed by atoms with E-state index in [4.69, 9.17) is 9.52 Å². The maximum absolute atomic E-state index is 11.7. The number of aliphatic carboxylic acids is 1. The fourth-order valence-electron chi connectivity index (χ4n) is 2.99. The maximum Gasteiger partial charge on any atom is 0.342 e. The van der Waals surface area contributed by atoms with E-state index in [9.17, 15) is 14.7 Å². The molecule has 0 saturated carbocycles. The molecule has 3 N–H and O–H groups in total. The number of aromatic carboxylic acids is 1. The number of rotatable bonds is 6. The highest BCUT2D eigenvalue weighted by molar-refractivity contribution is 8.04. The Bertz CT molecular complexity index is 1270. The molecule has 0 aliphatic carbocycles. The highest BCUT2D eigenvalue weighted by Crippen LogP contribution is 2.31. The molecule has 0 atom stereocenters. The van der Waals surface area contributed by atoms with Crippen LogP contribution in [0.2, 0.25) is 0 Å². The Balaban J connectivity index is 1.62. The first-order valence-corrected chi connectivity index (χ1v) is 9.74. The summed E-state index contributed by atoms with van der Waals surface area (Å²) in [4.78, 5) is 30.4. The van der Waals surface area contributed by atoms with Crippen molar-refractivity contribution in [3.8, 4) is 11.3 Å². The normalized spacial score (nSPS) is 11.7. The topological polar surface area (TPSA) is 116 Å². The van der Waals surface area contributed by atoms with Gasteiger partial charge < -0.3 is 19.6 Å². The zero-order chi connectivity index (χ0) is 21.3.